The minimum atomic E-state index is -0.576. The molecule has 2 aromatic rings. The Labute approximate surface area is 155 Å². The molecule has 2 amide bonds. The molecule has 1 unspecified atom stereocenters. The van der Waals surface area contributed by atoms with Crippen LogP contribution in [0.4, 0.5) is 10.1 Å². The van der Waals surface area contributed by atoms with Crippen LogP contribution in [0.5, 0.6) is 0 Å². The molecule has 134 valence electrons. The smallest absolute Gasteiger partial charge is 0.282 e. The van der Waals surface area contributed by atoms with Crippen LogP contribution in [0, 0.1) is 11.7 Å². The molecule has 1 fully saturated rings. The van der Waals surface area contributed by atoms with E-state index >= 15 is 0 Å². The Bertz CT molecular complexity index is 891. The molecule has 6 heteroatoms. The third kappa shape index (κ3) is 2.74. The Morgan fingerprint density at radius 3 is 2.62 bits per heavy atom. The number of hydrogen-bond acceptors (Lipinski definition) is 4. The quantitative estimate of drug-likeness (QED) is 0.770. The topological polar surface area (TPSA) is 40.6 Å². The summed E-state index contributed by atoms with van der Waals surface area (Å²) in [6, 6.07) is 9.60. The number of anilines is 1. The molecule has 0 spiro atoms. The molecular formula is C20H19FN2O2S. The summed E-state index contributed by atoms with van der Waals surface area (Å²) in [5.74, 6) is -1.01. The summed E-state index contributed by atoms with van der Waals surface area (Å²) in [7, 11) is 0. The number of piperidine rings is 1. The molecule has 0 N–H and O–H groups in total. The van der Waals surface area contributed by atoms with E-state index in [-0.39, 0.29) is 5.69 Å². The zero-order valence-electron chi connectivity index (χ0n) is 14.4. The van der Waals surface area contributed by atoms with Gasteiger partial charge in [-0.1, -0.05) is 25.1 Å². The molecule has 0 aliphatic carbocycles. The summed E-state index contributed by atoms with van der Waals surface area (Å²) >= 11 is 1.42. The number of hydrogen-bond donors (Lipinski definition) is 0. The fraction of sp³-hybridized carbons (Fsp3) is 0.300. The van der Waals surface area contributed by atoms with Gasteiger partial charge in [-0.15, -0.1) is 11.3 Å². The average molecular weight is 370 g/mol. The molecule has 1 atom stereocenters. The lowest BCUT2D eigenvalue weighted by molar-refractivity contribution is -0.120. The number of nitrogens with zero attached hydrogens (tertiary/aromatic N) is 2. The molecule has 26 heavy (non-hydrogen) atoms. The van der Waals surface area contributed by atoms with E-state index in [9.17, 15) is 14.0 Å². The van der Waals surface area contributed by atoms with Gasteiger partial charge in [0, 0.05) is 18.0 Å². The number of imide groups is 1. The number of rotatable bonds is 3. The van der Waals surface area contributed by atoms with Crippen LogP contribution in [0.1, 0.15) is 24.6 Å². The van der Waals surface area contributed by atoms with Gasteiger partial charge in [-0.2, -0.15) is 0 Å². The minimum absolute atomic E-state index is 0.0108. The second kappa shape index (κ2) is 6.68. The van der Waals surface area contributed by atoms with E-state index in [0.717, 1.165) is 35.7 Å². The molecule has 3 heterocycles. The van der Waals surface area contributed by atoms with Crippen molar-refractivity contribution in [1.82, 2.24) is 4.90 Å². The van der Waals surface area contributed by atoms with Crippen LogP contribution in [0.2, 0.25) is 0 Å². The summed E-state index contributed by atoms with van der Waals surface area (Å²) in [6.45, 7) is 3.61. The first-order valence-corrected chi connectivity index (χ1v) is 9.62. The predicted octanol–water partition coefficient (Wildman–Crippen LogP) is 3.90. The summed E-state index contributed by atoms with van der Waals surface area (Å²) in [4.78, 5) is 30.1. The standard InChI is InChI=1S/C20H19FN2O2S/c1-13-6-4-10-22(12-13)18-17(16-9-5-11-26-16)19(24)23(20(18)25)15-8-3-2-7-14(15)21/h2-3,5,7-9,11,13H,4,6,10,12H2,1H3. The van der Waals surface area contributed by atoms with Gasteiger partial charge in [-0.05, 0) is 42.3 Å². The van der Waals surface area contributed by atoms with Crippen molar-refractivity contribution < 1.29 is 14.0 Å². The van der Waals surface area contributed by atoms with E-state index in [1.807, 2.05) is 22.4 Å². The molecular weight excluding hydrogens is 351 g/mol. The number of carbonyl (C=O) groups excluding carboxylic acids is 2. The van der Waals surface area contributed by atoms with E-state index < -0.39 is 17.6 Å². The Morgan fingerprint density at radius 1 is 1.12 bits per heavy atom. The third-order valence-electron chi connectivity index (χ3n) is 4.89. The molecule has 1 aromatic carbocycles. The Balaban J connectivity index is 1.83. The van der Waals surface area contributed by atoms with Crippen molar-refractivity contribution in [3.05, 3.63) is 58.2 Å². The summed E-state index contributed by atoms with van der Waals surface area (Å²) < 4.78 is 14.3. The van der Waals surface area contributed by atoms with Crippen LogP contribution >= 0.6 is 11.3 Å². The second-order valence-corrected chi connectivity index (χ2v) is 7.74. The molecule has 0 bridgehead atoms. The van der Waals surface area contributed by atoms with E-state index in [4.69, 9.17) is 0 Å². The third-order valence-corrected chi connectivity index (χ3v) is 5.78. The summed E-state index contributed by atoms with van der Waals surface area (Å²) in [5.41, 5.74) is 0.811. The van der Waals surface area contributed by atoms with E-state index in [1.54, 1.807) is 12.1 Å². The molecule has 0 radical (unpaired) electrons. The number of amides is 2. The lowest BCUT2D eigenvalue weighted by Crippen LogP contribution is -2.39. The first-order valence-electron chi connectivity index (χ1n) is 8.74. The van der Waals surface area contributed by atoms with Gasteiger partial charge in [0.2, 0.25) is 0 Å². The lowest BCUT2D eigenvalue weighted by Gasteiger charge is -2.33. The van der Waals surface area contributed by atoms with Gasteiger partial charge in [0.05, 0.1) is 11.3 Å². The van der Waals surface area contributed by atoms with Gasteiger partial charge in [-0.25, -0.2) is 9.29 Å². The Kier molecular flexibility index (Phi) is 4.36. The van der Waals surface area contributed by atoms with Crippen LogP contribution in [-0.4, -0.2) is 29.8 Å². The van der Waals surface area contributed by atoms with Crippen molar-refractivity contribution in [3.63, 3.8) is 0 Å². The van der Waals surface area contributed by atoms with Gasteiger partial charge < -0.3 is 4.90 Å². The highest BCUT2D eigenvalue weighted by Gasteiger charge is 2.44. The van der Waals surface area contributed by atoms with Crippen molar-refractivity contribution in [2.24, 2.45) is 5.92 Å². The fourth-order valence-electron chi connectivity index (χ4n) is 3.70. The van der Waals surface area contributed by atoms with Gasteiger partial charge in [0.25, 0.3) is 11.8 Å². The van der Waals surface area contributed by atoms with Crippen LogP contribution in [0.3, 0.4) is 0 Å². The van der Waals surface area contributed by atoms with Gasteiger partial charge in [0.1, 0.15) is 11.5 Å². The Morgan fingerprint density at radius 2 is 1.92 bits per heavy atom. The number of likely N-dealkylation sites (tertiary alicyclic amines) is 1. The van der Waals surface area contributed by atoms with E-state index in [0.29, 0.717) is 17.2 Å². The van der Waals surface area contributed by atoms with Gasteiger partial charge in [0.15, 0.2) is 0 Å². The second-order valence-electron chi connectivity index (χ2n) is 6.79. The van der Waals surface area contributed by atoms with Crippen LogP contribution in [0.25, 0.3) is 5.57 Å². The number of halogens is 1. The number of benzene rings is 1. The lowest BCUT2D eigenvalue weighted by atomic mass is 9.99. The maximum atomic E-state index is 14.3. The molecule has 1 saturated heterocycles. The molecule has 2 aliphatic rings. The van der Waals surface area contributed by atoms with Crippen molar-refractivity contribution >= 4 is 34.4 Å². The highest BCUT2D eigenvalue weighted by atomic mass is 32.1. The van der Waals surface area contributed by atoms with Gasteiger partial charge >= 0.3 is 0 Å². The molecule has 4 rings (SSSR count). The van der Waals surface area contributed by atoms with E-state index in [1.165, 1.54) is 23.5 Å². The van der Waals surface area contributed by atoms with Crippen LogP contribution in [-0.2, 0) is 9.59 Å². The van der Waals surface area contributed by atoms with Crippen molar-refractivity contribution in [3.8, 4) is 0 Å². The monoisotopic (exact) mass is 370 g/mol. The average Bonchev–Trinajstić information content (AvgIpc) is 3.22. The number of carbonyl (C=O) groups is 2. The maximum absolute atomic E-state index is 14.3. The highest BCUT2D eigenvalue weighted by Crippen LogP contribution is 2.38. The Hall–Kier alpha value is -2.47. The summed E-state index contributed by atoms with van der Waals surface area (Å²) in [5, 5.41) is 1.88. The van der Waals surface area contributed by atoms with Crippen molar-refractivity contribution in [2.75, 3.05) is 18.0 Å². The minimum Gasteiger partial charge on any atom is -0.366 e. The normalized spacial score (nSPS) is 21.1. The largest absolute Gasteiger partial charge is 0.366 e. The van der Waals surface area contributed by atoms with Crippen molar-refractivity contribution in [2.45, 2.75) is 19.8 Å². The zero-order chi connectivity index (χ0) is 18.3. The van der Waals surface area contributed by atoms with Gasteiger partial charge in [-0.3, -0.25) is 9.59 Å². The molecule has 0 saturated carbocycles. The zero-order valence-corrected chi connectivity index (χ0v) is 15.3. The number of thiophene rings is 1. The summed E-state index contributed by atoms with van der Waals surface area (Å²) in [6.07, 6.45) is 2.08. The predicted molar refractivity (Wildman–Crippen MR) is 100 cm³/mol. The highest BCUT2D eigenvalue weighted by molar-refractivity contribution is 7.11. The first kappa shape index (κ1) is 17.0. The maximum Gasteiger partial charge on any atom is 0.282 e. The van der Waals surface area contributed by atoms with Crippen molar-refractivity contribution in [1.29, 1.82) is 0 Å². The molecule has 2 aliphatic heterocycles. The van der Waals surface area contributed by atoms with E-state index in [2.05, 4.69) is 6.92 Å². The SMILES string of the molecule is CC1CCCN(C2=C(c3cccs3)C(=O)N(c3ccccc3F)C2=O)C1. The number of para-hydroxylation sites is 1. The van der Waals surface area contributed by atoms with Crippen LogP contribution in [0.15, 0.2) is 47.5 Å². The molecule has 1 aromatic heterocycles. The molecule has 4 nitrogen and oxygen atoms in total. The van der Waals surface area contributed by atoms with Crippen LogP contribution < -0.4 is 4.90 Å². The first-order chi connectivity index (χ1) is 12.6. The fourth-order valence-corrected chi connectivity index (χ4v) is 4.46.